The highest BCUT2D eigenvalue weighted by Gasteiger charge is 2.37. The van der Waals surface area contributed by atoms with Gasteiger partial charge in [-0.3, -0.25) is 0 Å². The summed E-state index contributed by atoms with van der Waals surface area (Å²) in [6.07, 6.45) is 0. The van der Waals surface area contributed by atoms with Gasteiger partial charge in [-0.1, -0.05) is 190 Å². The van der Waals surface area contributed by atoms with Gasteiger partial charge in [-0.25, -0.2) is 0 Å². The maximum Gasteiger partial charge on any atom is 0.0540 e. The largest absolute Gasteiger partial charge is 0.309 e. The minimum absolute atomic E-state index is 0.103. The molecule has 0 amide bonds. The number of fused-ring (bicyclic) bond motifs is 6. The zero-order chi connectivity index (χ0) is 39.5. The Balaban J connectivity index is 1.15. The molecule has 9 aromatic carbocycles. The molecule has 0 bridgehead atoms. The van der Waals surface area contributed by atoms with Gasteiger partial charge in [0, 0.05) is 42.4 Å². The van der Waals surface area contributed by atoms with Crippen molar-refractivity contribution in [3.05, 3.63) is 223 Å². The second-order valence-corrected chi connectivity index (χ2v) is 17.1. The summed E-state index contributed by atoms with van der Waals surface area (Å²) in [6.45, 7) is 4.73. The van der Waals surface area contributed by atoms with Gasteiger partial charge in [-0.15, -0.1) is 11.3 Å². The molecule has 0 unspecified atom stereocenters. The fourth-order valence-electron chi connectivity index (χ4n) is 9.50. The van der Waals surface area contributed by atoms with Crippen molar-refractivity contribution in [3.8, 4) is 55.6 Å². The Morgan fingerprint density at radius 3 is 1.69 bits per heavy atom. The predicted molar refractivity (Wildman–Crippen MR) is 253 cm³/mol. The molecule has 0 radical (unpaired) electrons. The number of nitrogens with zero attached hydrogens (tertiary/aromatic N) is 1. The molecule has 0 N–H and O–H groups in total. The van der Waals surface area contributed by atoms with E-state index in [2.05, 4.69) is 231 Å². The summed E-state index contributed by atoms with van der Waals surface area (Å²) >= 11 is 1.87. The van der Waals surface area contributed by atoms with Crippen LogP contribution in [0, 0.1) is 0 Å². The molecule has 1 aliphatic rings. The number of anilines is 3. The molecule has 0 saturated carbocycles. The highest BCUT2D eigenvalue weighted by molar-refractivity contribution is 7.25. The van der Waals surface area contributed by atoms with Crippen LogP contribution in [0.5, 0.6) is 0 Å². The first-order chi connectivity index (χ1) is 29.0. The van der Waals surface area contributed by atoms with Crippen LogP contribution in [0.25, 0.3) is 75.8 Å². The highest BCUT2D eigenvalue weighted by Crippen LogP contribution is 2.54. The number of hydrogen-bond acceptors (Lipinski definition) is 2. The van der Waals surface area contributed by atoms with Gasteiger partial charge in [0.25, 0.3) is 0 Å². The van der Waals surface area contributed by atoms with Gasteiger partial charge in [0.1, 0.15) is 0 Å². The van der Waals surface area contributed by atoms with Crippen LogP contribution in [-0.4, -0.2) is 0 Å². The Labute approximate surface area is 350 Å². The topological polar surface area (TPSA) is 3.24 Å². The molecule has 0 saturated heterocycles. The summed E-state index contributed by atoms with van der Waals surface area (Å²) in [4.78, 5) is 2.50. The van der Waals surface area contributed by atoms with Gasteiger partial charge in [0.05, 0.1) is 11.4 Å². The summed E-state index contributed by atoms with van der Waals surface area (Å²) in [7, 11) is 0. The van der Waals surface area contributed by atoms with E-state index in [1.807, 2.05) is 11.3 Å². The number of hydrogen-bond donors (Lipinski definition) is 0. The molecule has 1 aliphatic carbocycles. The van der Waals surface area contributed by atoms with E-state index in [-0.39, 0.29) is 5.41 Å². The predicted octanol–water partition coefficient (Wildman–Crippen LogP) is 16.5. The number of para-hydroxylation sites is 2. The molecule has 280 valence electrons. The Morgan fingerprint density at radius 1 is 0.356 bits per heavy atom. The van der Waals surface area contributed by atoms with Crippen LogP contribution in [0.2, 0.25) is 0 Å². The van der Waals surface area contributed by atoms with Crippen molar-refractivity contribution < 1.29 is 0 Å². The van der Waals surface area contributed by atoms with Crippen molar-refractivity contribution in [2.75, 3.05) is 4.90 Å². The molecule has 1 heterocycles. The molecule has 10 aromatic rings. The lowest BCUT2D eigenvalue weighted by Crippen LogP contribution is -2.15. The number of thiophene rings is 1. The Kier molecular flexibility index (Phi) is 8.43. The smallest absolute Gasteiger partial charge is 0.0540 e. The molecule has 0 fully saturated rings. The summed E-state index contributed by atoms with van der Waals surface area (Å²) in [6, 6.07) is 78.2. The molecule has 59 heavy (non-hydrogen) atoms. The minimum atomic E-state index is -0.103. The lowest BCUT2D eigenvalue weighted by atomic mass is 9.82. The molecular formula is C57H41NS. The molecule has 0 atom stereocenters. The van der Waals surface area contributed by atoms with Crippen LogP contribution in [0.3, 0.4) is 0 Å². The summed E-state index contributed by atoms with van der Waals surface area (Å²) < 4.78 is 2.63. The van der Waals surface area contributed by atoms with E-state index < -0.39 is 0 Å². The Morgan fingerprint density at radius 2 is 0.898 bits per heavy atom. The minimum Gasteiger partial charge on any atom is -0.309 e. The number of rotatable bonds is 7. The van der Waals surface area contributed by atoms with Crippen molar-refractivity contribution in [1.82, 2.24) is 0 Å². The van der Waals surface area contributed by atoms with Gasteiger partial charge < -0.3 is 4.90 Å². The zero-order valence-electron chi connectivity index (χ0n) is 33.1. The monoisotopic (exact) mass is 771 g/mol. The van der Waals surface area contributed by atoms with E-state index in [1.54, 1.807) is 0 Å². The summed E-state index contributed by atoms with van der Waals surface area (Å²) in [5, 5.41) is 2.63. The van der Waals surface area contributed by atoms with Crippen LogP contribution in [0.4, 0.5) is 17.1 Å². The van der Waals surface area contributed by atoms with Gasteiger partial charge >= 0.3 is 0 Å². The lowest BCUT2D eigenvalue weighted by Gasteiger charge is -2.31. The molecule has 0 spiro atoms. The van der Waals surface area contributed by atoms with Gasteiger partial charge in [0.15, 0.2) is 0 Å². The van der Waals surface area contributed by atoms with E-state index >= 15 is 0 Å². The molecule has 11 rings (SSSR count). The van der Waals surface area contributed by atoms with Crippen molar-refractivity contribution in [2.24, 2.45) is 0 Å². The van der Waals surface area contributed by atoms with Crippen molar-refractivity contribution in [3.63, 3.8) is 0 Å². The van der Waals surface area contributed by atoms with Crippen molar-refractivity contribution in [2.45, 2.75) is 19.3 Å². The summed E-state index contributed by atoms with van der Waals surface area (Å²) in [5.41, 5.74) is 18.2. The maximum atomic E-state index is 2.50. The van der Waals surface area contributed by atoms with E-state index in [0.29, 0.717) is 0 Å². The molecule has 0 aliphatic heterocycles. The zero-order valence-corrected chi connectivity index (χ0v) is 33.9. The third-order valence-corrected chi connectivity index (χ3v) is 13.4. The highest BCUT2D eigenvalue weighted by atomic mass is 32.1. The average Bonchev–Trinajstić information content (AvgIpc) is 3.78. The Hall–Kier alpha value is -7.00. The summed E-state index contributed by atoms with van der Waals surface area (Å²) in [5.74, 6) is 0. The number of benzene rings is 9. The van der Waals surface area contributed by atoms with Crippen LogP contribution < -0.4 is 4.90 Å². The first-order valence-corrected chi connectivity index (χ1v) is 21.2. The maximum absolute atomic E-state index is 2.50. The fraction of sp³-hybridized carbons (Fsp3) is 0.0526. The van der Waals surface area contributed by atoms with Crippen LogP contribution in [-0.2, 0) is 5.41 Å². The van der Waals surface area contributed by atoms with Crippen LogP contribution >= 0.6 is 11.3 Å². The Bertz CT molecular complexity index is 3210. The average molecular weight is 772 g/mol. The van der Waals surface area contributed by atoms with Crippen molar-refractivity contribution >= 4 is 48.6 Å². The first kappa shape index (κ1) is 35.2. The van der Waals surface area contributed by atoms with Crippen LogP contribution in [0.15, 0.2) is 212 Å². The van der Waals surface area contributed by atoms with Gasteiger partial charge in [0.2, 0.25) is 0 Å². The molecule has 1 aromatic heterocycles. The van der Waals surface area contributed by atoms with Crippen LogP contribution in [0.1, 0.15) is 25.0 Å². The van der Waals surface area contributed by atoms with Crippen molar-refractivity contribution in [1.29, 1.82) is 0 Å². The SMILES string of the molecule is CC1(C)c2ccccc2-c2c(-c3ccccc3N(c3cccc(-c4ccc5c(c4)sc4ccccc45)c3)c3ccccc3-c3ccccc3-c3ccccc3)cccc21. The second-order valence-electron chi connectivity index (χ2n) is 16.0. The quantitative estimate of drug-likeness (QED) is 0.156. The van der Waals surface area contributed by atoms with E-state index in [4.69, 9.17) is 0 Å². The standard InChI is InChI=1S/C57H41NS/c1-57(2)50-29-12-8-27-49(50)56-48(28-17-30-51(56)57)45-25-10-14-32-53(45)58(52-31-13-9-24-44(52)43-23-7-6-22-42(43)38-18-4-3-5-19-38)41-21-16-20-39(36-41)40-34-35-47-46-26-11-15-33-54(46)59-55(47)37-40/h3-37H,1-2H3. The molecule has 2 heteroatoms. The fourth-order valence-corrected chi connectivity index (χ4v) is 10.6. The van der Waals surface area contributed by atoms with Gasteiger partial charge in [-0.2, -0.15) is 0 Å². The van der Waals surface area contributed by atoms with Gasteiger partial charge in [-0.05, 0) is 92.0 Å². The lowest BCUT2D eigenvalue weighted by molar-refractivity contribution is 0.660. The molecule has 1 nitrogen and oxygen atoms in total. The van der Waals surface area contributed by atoms with E-state index in [0.717, 1.165) is 17.1 Å². The molecular weight excluding hydrogens is 731 g/mol. The third-order valence-electron chi connectivity index (χ3n) is 12.3. The second kappa shape index (κ2) is 14.1. The van der Waals surface area contributed by atoms with E-state index in [1.165, 1.54) is 86.9 Å². The normalized spacial score (nSPS) is 12.7. The third kappa shape index (κ3) is 5.82. The van der Waals surface area contributed by atoms with E-state index in [9.17, 15) is 0 Å². The first-order valence-electron chi connectivity index (χ1n) is 20.4.